The van der Waals surface area contributed by atoms with Gasteiger partial charge in [-0.2, -0.15) is 0 Å². The van der Waals surface area contributed by atoms with Crippen molar-refractivity contribution in [3.63, 3.8) is 0 Å². The summed E-state index contributed by atoms with van der Waals surface area (Å²) in [6.07, 6.45) is 22.7. The van der Waals surface area contributed by atoms with Gasteiger partial charge >= 0.3 is 0 Å². The first-order valence-electron chi connectivity index (χ1n) is 13.3. The van der Waals surface area contributed by atoms with E-state index in [-0.39, 0.29) is 0 Å². The Morgan fingerprint density at radius 3 is 2.16 bits per heavy atom. The van der Waals surface area contributed by atoms with Crippen molar-refractivity contribution in [2.45, 2.75) is 104 Å². The molecule has 1 aliphatic rings. The van der Waals surface area contributed by atoms with Crippen molar-refractivity contribution in [2.75, 3.05) is 6.61 Å². The van der Waals surface area contributed by atoms with Crippen LogP contribution in [0.15, 0.2) is 36.7 Å². The number of hydrogen-bond acceptors (Lipinski definition) is 3. The van der Waals surface area contributed by atoms with Gasteiger partial charge in [0.1, 0.15) is 5.75 Å². The Hall–Kier alpha value is -1.90. The maximum absolute atomic E-state index is 6.06. The highest BCUT2D eigenvalue weighted by Crippen LogP contribution is 2.36. The lowest BCUT2D eigenvalue weighted by Crippen LogP contribution is -2.20. The van der Waals surface area contributed by atoms with Crippen LogP contribution in [-0.4, -0.2) is 16.6 Å². The number of nitrogens with zero attached hydrogens (tertiary/aromatic N) is 2. The minimum Gasteiger partial charge on any atom is -0.494 e. The molecule has 2 atom stereocenters. The van der Waals surface area contributed by atoms with Crippen LogP contribution in [0.5, 0.6) is 5.75 Å². The van der Waals surface area contributed by atoms with E-state index in [4.69, 9.17) is 4.74 Å². The van der Waals surface area contributed by atoms with E-state index in [1.54, 1.807) is 0 Å². The van der Waals surface area contributed by atoms with Gasteiger partial charge in [-0.1, -0.05) is 84.5 Å². The number of aryl methyl sites for hydroxylation is 1. The van der Waals surface area contributed by atoms with E-state index in [0.29, 0.717) is 0 Å². The van der Waals surface area contributed by atoms with Crippen LogP contribution in [0, 0.1) is 11.8 Å². The molecule has 32 heavy (non-hydrogen) atoms. The molecule has 1 heterocycles. The van der Waals surface area contributed by atoms with Crippen LogP contribution in [0.2, 0.25) is 0 Å². The van der Waals surface area contributed by atoms with E-state index in [1.807, 2.05) is 12.4 Å². The largest absolute Gasteiger partial charge is 0.494 e. The lowest BCUT2D eigenvalue weighted by atomic mass is 9.74. The minimum atomic E-state index is 0.824. The molecule has 1 aromatic heterocycles. The minimum absolute atomic E-state index is 0.824. The summed E-state index contributed by atoms with van der Waals surface area (Å²) in [7, 11) is 0. The molecule has 3 rings (SSSR count). The van der Waals surface area contributed by atoms with Gasteiger partial charge < -0.3 is 4.74 Å². The molecule has 1 saturated carbocycles. The second-order valence-electron chi connectivity index (χ2n) is 9.67. The van der Waals surface area contributed by atoms with Crippen LogP contribution in [0.25, 0.3) is 11.3 Å². The Morgan fingerprint density at radius 2 is 1.50 bits per heavy atom. The summed E-state index contributed by atoms with van der Waals surface area (Å²) in [5.41, 5.74) is 3.08. The molecule has 1 aliphatic carbocycles. The maximum atomic E-state index is 6.06. The Kier molecular flexibility index (Phi) is 11.0. The van der Waals surface area contributed by atoms with Crippen molar-refractivity contribution in [1.29, 1.82) is 0 Å². The predicted octanol–water partition coefficient (Wildman–Crippen LogP) is 8.42. The van der Waals surface area contributed by atoms with Crippen molar-refractivity contribution < 1.29 is 4.74 Å². The van der Waals surface area contributed by atoms with E-state index in [9.17, 15) is 0 Å². The first-order valence-corrected chi connectivity index (χ1v) is 13.3. The molecule has 176 valence electrons. The third-order valence-electron chi connectivity index (χ3n) is 7.09. The third kappa shape index (κ3) is 8.22. The number of aromatic nitrogens is 2. The Balaban J connectivity index is 1.38. The van der Waals surface area contributed by atoms with E-state index in [1.165, 1.54) is 77.0 Å². The molecular weight excluding hydrogens is 392 g/mol. The highest BCUT2D eigenvalue weighted by molar-refractivity contribution is 5.58. The van der Waals surface area contributed by atoms with Crippen molar-refractivity contribution in [3.8, 4) is 17.0 Å². The lowest BCUT2D eigenvalue weighted by Gasteiger charge is -2.31. The van der Waals surface area contributed by atoms with Crippen LogP contribution in [0.4, 0.5) is 0 Å². The van der Waals surface area contributed by atoms with Gasteiger partial charge in [0.15, 0.2) is 0 Å². The predicted molar refractivity (Wildman–Crippen MR) is 135 cm³/mol. The van der Waals surface area contributed by atoms with Crippen molar-refractivity contribution >= 4 is 0 Å². The molecule has 1 fully saturated rings. The molecule has 0 N–H and O–H groups in total. The van der Waals surface area contributed by atoms with Gasteiger partial charge in [-0.15, -0.1) is 0 Å². The van der Waals surface area contributed by atoms with Gasteiger partial charge in [-0.25, -0.2) is 0 Å². The second-order valence-corrected chi connectivity index (χ2v) is 9.67. The number of hydrogen-bond donors (Lipinski definition) is 0. The fraction of sp³-hybridized carbons (Fsp3) is 0.655. The Labute approximate surface area is 196 Å². The molecule has 0 amide bonds. The number of rotatable bonds is 14. The van der Waals surface area contributed by atoms with Gasteiger partial charge in [0.25, 0.3) is 0 Å². The highest BCUT2D eigenvalue weighted by Gasteiger charge is 2.24. The number of ether oxygens (including phenoxy) is 1. The SMILES string of the molecule is CCCCCCCC1CCCCC1CCCOc1ccc(-c2cnc(CCC)cn2)cc1. The molecule has 3 nitrogen and oxygen atoms in total. The zero-order valence-corrected chi connectivity index (χ0v) is 20.5. The first-order chi connectivity index (χ1) is 15.8. The van der Waals surface area contributed by atoms with E-state index >= 15 is 0 Å². The summed E-state index contributed by atoms with van der Waals surface area (Å²) in [5, 5.41) is 0. The summed E-state index contributed by atoms with van der Waals surface area (Å²) in [6, 6.07) is 8.32. The van der Waals surface area contributed by atoms with Crippen LogP contribution in [0.3, 0.4) is 0 Å². The van der Waals surface area contributed by atoms with E-state index in [2.05, 4.69) is 48.1 Å². The van der Waals surface area contributed by atoms with Crippen LogP contribution >= 0.6 is 0 Å². The topological polar surface area (TPSA) is 35.0 Å². The van der Waals surface area contributed by atoms with Gasteiger partial charge in [0.2, 0.25) is 0 Å². The summed E-state index contributed by atoms with van der Waals surface area (Å²) >= 11 is 0. The lowest BCUT2D eigenvalue weighted by molar-refractivity contribution is 0.190. The average Bonchev–Trinajstić information content (AvgIpc) is 2.84. The zero-order chi connectivity index (χ0) is 22.4. The van der Waals surface area contributed by atoms with E-state index in [0.717, 1.165) is 54.0 Å². The van der Waals surface area contributed by atoms with Gasteiger partial charge in [0, 0.05) is 11.8 Å². The fourth-order valence-electron chi connectivity index (χ4n) is 5.20. The summed E-state index contributed by atoms with van der Waals surface area (Å²) in [6.45, 7) is 5.29. The highest BCUT2D eigenvalue weighted by atomic mass is 16.5. The van der Waals surface area contributed by atoms with Crippen molar-refractivity contribution in [3.05, 3.63) is 42.4 Å². The smallest absolute Gasteiger partial charge is 0.119 e. The molecule has 0 bridgehead atoms. The fourth-order valence-corrected chi connectivity index (χ4v) is 5.20. The van der Waals surface area contributed by atoms with Crippen molar-refractivity contribution in [2.24, 2.45) is 11.8 Å². The monoisotopic (exact) mass is 436 g/mol. The quantitative estimate of drug-likeness (QED) is 0.279. The molecular formula is C29H44N2O. The molecule has 3 heteroatoms. The molecule has 2 unspecified atom stereocenters. The second kappa shape index (κ2) is 14.3. The van der Waals surface area contributed by atoms with Gasteiger partial charge in [-0.05, 0) is 55.4 Å². The van der Waals surface area contributed by atoms with Crippen molar-refractivity contribution in [1.82, 2.24) is 9.97 Å². The summed E-state index contributed by atoms with van der Waals surface area (Å²) in [5.74, 6) is 2.85. The molecule has 1 aromatic carbocycles. The normalized spacial score (nSPS) is 18.6. The average molecular weight is 437 g/mol. The molecule has 2 aromatic rings. The van der Waals surface area contributed by atoms with Crippen LogP contribution in [-0.2, 0) is 6.42 Å². The van der Waals surface area contributed by atoms with Crippen LogP contribution < -0.4 is 4.74 Å². The Bertz CT molecular complexity index is 741. The van der Waals surface area contributed by atoms with E-state index < -0.39 is 0 Å². The van der Waals surface area contributed by atoms with Gasteiger partial charge in [-0.3, -0.25) is 9.97 Å². The molecule has 0 aliphatic heterocycles. The van der Waals surface area contributed by atoms with Gasteiger partial charge in [0.05, 0.1) is 24.2 Å². The molecule has 0 radical (unpaired) electrons. The first kappa shape index (κ1) is 24.7. The summed E-state index contributed by atoms with van der Waals surface area (Å²) in [4.78, 5) is 9.08. The molecule has 0 spiro atoms. The third-order valence-corrected chi connectivity index (χ3v) is 7.09. The summed E-state index contributed by atoms with van der Waals surface area (Å²) < 4.78 is 6.06. The number of benzene rings is 1. The zero-order valence-electron chi connectivity index (χ0n) is 20.5. The Morgan fingerprint density at radius 1 is 0.781 bits per heavy atom. The standard InChI is InChI=1S/C29H44N2O/c1-3-5-6-7-8-13-24-14-9-10-15-25(24)16-11-21-32-28-19-17-26(18-20-28)29-23-30-27(12-4-2)22-31-29/h17-20,22-25H,3-16,21H2,1-2H3. The number of unbranched alkanes of at least 4 members (excludes halogenated alkanes) is 4. The van der Waals surface area contributed by atoms with Crippen LogP contribution in [0.1, 0.15) is 103 Å². The molecule has 0 saturated heterocycles. The maximum Gasteiger partial charge on any atom is 0.119 e.